The maximum atomic E-state index is 13.8. The molecule has 11 heteroatoms. The summed E-state index contributed by atoms with van der Waals surface area (Å²) >= 11 is 3.42. The Morgan fingerprint density at radius 2 is 1.69 bits per heavy atom. The van der Waals surface area contributed by atoms with E-state index in [0.717, 1.165) is 0 Å². The van der Waals surface area contributed by atoms with Crippen molar-refractivity contribution in [1.29, 1.82) is 0 Å². The van der Waals surface area contributed by atoms with Crippen LogP contribution in [0.3, 0.4) is 0 Å². The van der Waals surface area contributed by atoms with Crippen LogP contribution in [0.5, 0.6) is 0 Å². The molecule has 4 rings (SSSR count). The predicted molar refractivity (Wildman–Crippen MR) is 126 cm³/mol. The van der Waals surface area contributed by atoms with E-state index in [0.29, 0.717) is 17.6 Å². The second-order valence-electron chi connectivity index (χ2n) is 10.8. The number of Topliss-reactive ketones (excluding diaryl/α,β-unsaturated/α-hetero) is 2. The van der Waals surface area contributed by atoms with Gasteiger partial charge in [-0.25, -0.2) is 4.79 Å². The third kappa shape index (κ3) is 3.89. The number of allylic oxidation sites excluding steroid dienone is 1. The normalized spacial score (nSPS) is 39.9. The smallest absolute Gasteiger partial charge is 0.458 e. The summed E-state index contributed by atoms with van der Waals surface area (Å²) in [5, 5.41) is -0.454. The Balaban J connectivity index is 2.10. The third-order valence-electron chi connectivity index (χ3n) is 8.40. The van der Waals surface area contributed by atoms with Gasteiger partial charge >= 0.3 is 18.1 Å². The fraction of sp³-hybridized carbons (Fsp3) is 0.720. The zero-order valence-electron chi connectivity index (χ0n) is 21.2. The van der Waals surface area contributed by atoms with Crippen LogP contribution in [-0.4, -0.2) is 65.2 Å². The Labute approximate surface area is 217 Å². The third-order valence-corrected chi connectivity index (χ3v) is 9.12. The summed E-state index contributed by atoms with van der Waals surface area (Å²) in [5.41, 5.74) is -3.17. The van der Waals surface area contributed by atoms with Crippen LogP contribution in [-0.2, 0) is 42.9 Å². The van der Waals surface area contributed by atoms with Gasteiger partial charge in [0.25, 0.3) is 0 Å². The number of ketones is 2. The van der Waals surface area contributed by atoms with Crippen molar-refractivity contribution in [2.24, 2.45) is 16.7 Å². The standard InChI is InChI=1S/C25H31BrO10/c1-11-14(29)9-25-20(35-22(31)36-25)18-15(30)10-32-16(26)7-8-24(18,6)21(34-13(3)28)19(33-12(2)27)17(11)23(25,4)5/h16,18-21H,7-10H2,1-6H3/t16?,18-,19+,20-,21-,24+,25+/m0/s1. The summed E-state index contributed by atoms with van der Waals surface area (Å²) in [4.78, 5) is 64.8. The molecule has 10 nitrogen and oxygen atoms in total. The molecule has 4 aliphatic rings. The van der Waals surface area contributed by atoms with Gasteiger partial charge in [0.15, 0.2) is 29.4 Å². The van der Waals surface area contributed by atoms with E-state index in [1.54, 1.807) is 27.7 Å². The molecule has 0 radical (unpaired) electrons. The minimum Gasteiger partial charge on any atom is -0.458 e. The van der Waals surface area contributed by atoms with E-state index in [4.69, 9.17) is 23.7 Å². The molecule has 3 fully saturated rings. The molecule has 1 spiro atoms. The summed E-state index contributed by atoms with van der Waals surface area (Å²) in [5.74, 6) is -3.14. The molecule has 2 bridgehead atoms. The molecule has 0 amide bonds. The summed E-state index contributed by atoms with van der Waals surface area (Å²) in [6, 6.07) is 0. The number of esters is 2. The lowest BCUT2D eigenvalue weighted by Crippen LogP contribution is -2.69. The molecule has 2 heterocycles. The number of hydrogen-bond acceptors (Lipinski definition) is 10. The van der Waals surface area contributed by atoms with Crippen molar-refractivity contribution in [3.05, 3.63) is 11.1 Å². The second-order valence-corrected chi connectivity index (χ2v) is 11.8. The van der Waals surface area contributed by atoms with Gasteiger partial charge < -0.3 is 23.7 Å². The number of carbonyl (C=O) groups is 5. The van der Waals surface area contributed by atoms with E-state index < -0.39 is 69.6 Å². The van der Waals surface area contributed by atoms with Gasteiger partial charge in [-0.2, -0.15) is 0 Å². The van der Waals surface area contributed by atoms with Crippen LogP contribution in [0.15, 0.2) is 11.1 Å². The Hall–Kier alpha value is -2.27. The molecular formula is C25H31BrO10. The molecule has 198 valence electrons. The summed E-state index contributed by atoms with van der Waals surface area (Å²) in [7, 11) is 0. The lowest BCUT2D eigenvalue weighted by atomic mass is 9.49. The van der Waals surface area contributed by atoms with Crippen molar-refractivity contribution in [3.63, 3.8) is 0 Å². The zero-order valence-corrected chi connectivity index (χ0v) is 22.8. The van der Waals surface area contributed by atoms with Crippen LogP contribution in [0.4, 0.5) is 4.79 Å². The molecule has 0 aromatic carbocycles. The highest BCUT2D eigenvalue weighted by Gasteiger charge is 2.73. The van der Waals surface area contributed by atoms with E-state index >= 15 is 0 Å². The molecule has 0 N–H and O–H groups in total. The summed E-state index contributed by atoms with van der Waals surface area (Å²) < 4.78 is 28.9. The number of fused-ring (bicyclic) bond motifs is 3. The van der Waals surface area contributed by atoms with E-state index in [2.05, 4.69) is 15.9 Å². The molecule has 1 unspecified atom stereocenters. The van der Waals surface area contributed by atoms with Gasteiger partial charge in [0.05, 0.1) is 12.3 Å². The molecule has 2 aliphatic heterocycles. The highest BCUT2D eigenvalue weighted by molar-refractivity contribution is 9.09. The highest BCUT2D eigenvalue weighted by Crippen LogP contribution is 2.62. The fourth-order valence-corrected chi connectivity index (χ4v) is 7.06. The van der Waals surface area contributed by atoms with Crippen molar-refractivity contribution >= 4 is 45.6 Å². The number of hydrogen-bond donors (Lipinski definition) is 0. The minimum atomic E-state index is -1.55. The van der Waals surface area contributed by atoms with Gasteiger partial charge in [-0.05, 0) is 30.9 Å². The van der Waals surface area contributed by atoms with Crippen LogP contribution in [0, 0.1) is 16.7 Å². The van der Waals surface area contributed by atoms with E-state index in [1.807, 2.05) is 0 Å². The molecule has 36 heavy (non-hydrogen) atoms. The Bertz CT molecular complexity index is 1060. The molecular weight excluding hydrogens is 540 g/mol. The molecule has 7 atom stereocenters. The zero-order chi connectivity index (χ0) is 26.8. The van der Waals surface area contributed by atoms with Crippen LogP contribution in [0.2, 0.25) is 0 Å². The van der Waals surface area contributed by atoms with Crippen LogP contribution in [0.25, 0.3) is 0 Å². The van der Waals surface area contributed by atoms with E-state index in [-0.39, 0.29) is 25.2 Å². The van der Waals surface area contributed by atoms with Crippen LogP contribution < -0.4 is 0 Å². The number of ether oxygens (including phenoxy) is 5. The first kappa shape index (κ1) is 26.8. The molecule has 2 aliphatic carbocycles. The number of rotatable bonds is 2. The van der Waals surface area contributed by atoms with Crippen molar-refractivity contribution in [1.82, 2.24) is 0 Å². The van der Waals surface area contributed by atoms with Crippen LogP contribution in [0.1, 0.15) is 60.8 Å². The highest BCUT2D eigenvalue weighted by atomic mass is 79.9. The SMILES string of the molecule is CC(=O)O[C@@H]1C2=C(C)C(=O)C[C@]3(OC(=O)O[C@H]3[C@@H]3C(=O)COC(Br)CC[C@@]3(C)[C@H]1OC(C)=O)C2(C)C. The minimum absolute atomic E-state index is 0.210. The van der Waals surface area contributed by atoms with Crippen LogP contribution >= 0.6 is 15.9 Å². The molecule has 2 saturated heterocycles. The Morgan fingerprint density at radius 1 is 1.06 bits per heavy atom. The lowest BCUT2D eigenvalue weighted by molar-refractivity contribution is -0.205. The number of alkyl halides is 1. The average molecular weight is 571 g/mol. The van der Waals surface area contributed by atoms with Gasteiger partial charge in [0, 0.05) is 24.7 Å². The van der Waals surface area contributed by atoms with Gasteiger partial charge in [0.1, 0.15) is 17.7 Å². The van der Waals surface area contributed by atoms with Crippen molar-refractivity contribution < 1.29 is 47.7 Å². The summed E-state index contributed by atoms with van der Waals surface area (Å²) in [6.45, 7) is 9.04. The quantitative estimate of drug-likeness (QED) is 0.277. The van der Waals surface area contributed by atoms with E-state index in [9.17, 15) is 24.0 Å². The maximum absolute atomic E-state index is 13.8. The first-order valence-corrected chi connectivity index (χ1v) is 12.8. The first-order chi connectivity index (χ1) is 16.7. The number of carbonyl (C=O) groups excluding carboxylic acids is 5. The Kier molecular flexibility index (Phi) is 6.65. The molecule has 0 aromatic rings. The predicted octanol–water partition coefficient (Wildman–Crippen LogP) is 3.18. The van der Waals surface area contributed by atoms with Crippen molar-refractivity contribution in [2.75, 3.05) is 6.61 Å². The van der Waals surface area contributed by atoms with Crippen molar-refractivity contribution in [2.45, 2.75) is 89.7 Å². The fourth-order valence-electron chi connectivity index (χ4n) is 6.69. The van der Waals surface area contributed by atoms with E-state index in [1.165, 1.54) is 13.8 Å². The van der Waals surface area contributed by atoms with Gasteiger partial charge in [-0.15, -0.1) is 0 Å². The summed E-state index contributed by atoms with van der Waals surface area (Å²) in [6.07, 6.45) is -4.06. The largest absolute Gasteiger partial charge is 0.509 e. The van der Waals surface area contributed by atoms with Gasteiger partial charge in [-0.3, -0.25) is 19.2 Å². The molecule has 1 saturated carbocycles. The first-order valence-electron chi connectivity index (χ1n) is 11.9. The topological polar surface area (TPSA) is 132 Å². The second kappa shape index (κ2) is 8.93. The van der Waals surface area contributed by atoms with Crippen molar-refractivity contribution in [3.8, 4) is 0 Å². The monoisotopic (exact) mass is 570 g/mol. The lowest BCUT2D eigenvalue weighted by Gasteiger charge is -2.58. The molecule has 0 aromatic heterocycles. The average Bonchev–Trinajstić information content (AvgIpc) is 3.07. The van der Waals surface area contributed by atoms with Gasteiger partial charge in [-0.1, -0.05) is 36.7 Å². The number of halogens is 1. The Morgan fingerprint density at radius 3 is 2.31 bits per heavy atom. The van der Waals surface area contributed by atoms with Gasteiger partial charge in [0.2, 0.25) is 0 Å². The maximum Gasteiger partial charge on any atom is 0.509 e.